The summed E-state index contributed by atoms with van der Waals surface area (Å²) < 4.78 is 11.9. The first-order valence-electron chi connectivity index (χ1n) is 26.1. The first-order valence-corrected chi connectivity index (χ1v) is 27.0. The van der Waals surface area contributed by atoms with Crippen LogP contribution in [0.2, 0.25) is 5.02 Å². The van der Waals surface area contributed by atoms with Gasteiger partial charge in [-0.1, -0.05) is 43.6 Å². The van der Waals surface area contributed by atoms with Crippen LogP contribution in [-0.2, 0) is 21.6 Å². The van der Waals surface area contributed by atoms with Gasteiger partial charge in [-0.25, -0.2) is 14.8 Å². The third-order valence-corrected chi connectivity index (χ3v) is 17.2. The topological polar surface area (TPSA) is 145 Å². The first kappa shape index (κ1) is 50.7. The van der Waals surface area contributed by atoms with Crippen LogP contribution in [0.5, 0.6) is 11.5 Å². The molecule has 0 radical (unpaired) electrons. The fourth-order valence-corrected chi connectivity index (χ4v) is 12.6. The number of hydrogen-bond acceptors (Lipinski definition) is 12. The minimum absolute atomic E-state index is 0.103. The number of carbonyl (C=O) groups excluding carboxylic acids is 4. The first-order chi connectivity index (χ1) is 35.3. The molecular weight excluding hydrogens is 966 g/mol. The van der Waals surface area contributed by atoms with E-state index in [2.05, 4.69) is 60.7 Å². The Balaban J connectivity index is 0.644. The molecule has 5 fully saturated rings. The highest BCUT2D eigenvalue weighted by Crippen LogP contribution is 2.45. The Kier molecular flexibility index (Phi) is 15.0. The number of aromatic nitrogens is 2. The number of alkyl halides is 1. The third-order valence-electron chi connectivity index (χ3n) is 16.8. The molecule has 384 valence electrons. The molecule has 1 N–H and O–H groups in total. The molecule has 0 aliphatic carbocycles. The van der Waals surface area contributed by atoms with Gasteiger partial charge in [-0.15, -0.1) is 11.6 Å². The van der Waals surface area contributed by atoms with Crippen molar-refractivity contribution >= 4 is 64.2 Å². The summed E-state index contributed by atoms with van der Waals surface area (Å²) in [5, 5.41) is 2.68. The van der Waals surface area contributed by atoms with Gasteiger partial charge in [0.25, 0.3) is 11.8 Å². The van der Waals surface area contributed by atoms with E-state index in [1.165, 1.54) is 38.8 Å². The third kappa shape index (κ3) is 10.6. The van der Waals surface area contributed by atoms with Gasteiger partial charge in [-0.2, -0.15) is 0 Å². The number of anilines is 2. The number of carbonyl (C=O) groups is 4. The summed E-state index contributed by atoms with van der Waals surface area (Å²) in [5.41, 5.74) is 4.61. The van der Waals surface area contributed by atoms with Gasteiger partial charge in [0.05, 0.1) is 46.6 Å². The van der Waals surface area contributed by atoms with Gasteiger partial charge in [0, 0.05) is 56.8 Å². The van der Waals surface area contributed by atoms with Crippen molar-refractivity contribution in [3.63, 3.8) is 0 Å². The lowest BCUT2D eigenvalue weighted by atomic mass is 9.71. The number of piperidine rings is 5. The average Bonchev–Trinajstić information content (AvgIpc) is 3.66. The van der Waals surface area contributed by atoms with Crippen LogP contribution in [-0.4, -0.2) is 132 Å². The highest BCUT2D eigenvalue weighted by atomic mass is 35.5. The summed E-state index contributed by atoms with van der Waals surface area (Å²) >= 11 is 12.4. The zero-order valence-corrected chi connectivity index (χ0v) is 43.4. The van der Waals surface area contributed by atoms with Gasteiger partial charge in [-0.05, 0) is 149 Å². The standard InChI is InChI=1S/C56H65Cl2N9O6/c1-55(2,39-33-44(58)50(72-32-22-57)45(34-39)59-3)38-7-9-42(10-8-38)73-36-40-13-23-60-54(61-40)66-30-20-56(21-31-66)18-28-64(29-19-56)41-16-24-63(25-17-41)35-37-14-26-65(27-15-37)46-6-4-5-43-49(46)53(71)67(52(43)70)47-11-12-48(68)62-51(47)69/h4-10,13,23,33-34,37,41,47H,11-12,14-22,24-32,35-36H2,1-2H3,(H,62,68,69). The molecule has 1 atom stereocenters. The van der Waals surface area contributed by atoms with Gasteiger partial charge < -0.3 is 29.1 Å². The second kappa shape index (κ2) is 21.6. The van der Waals surface area contributed by atoms with Crippen LogP contribution < -0.4 is 24.6 Å². The number of ether oxygens (including phenoxy) is 2. The Morgan fingerprint density at radius 2 is 1.55 bits per heavy atom. The second-order valence-electron chi connectivity index (χ2n) is 21.4. The van der Waals surface area contributed by atoms with Crippen molar-refractivity contribution in [2.45, 2.75) is 102 Å². The van der Waals surface area contributed by atoms with Gasteiger partial charge in [0.15, 0.2) is 0 Å². The second-order valence-corrected chi connectivity index (χ2v) is 22.2. The number of amides is 4. The number of nitrogens with zero attached hydrogens (tertiary/aromatic N) is 8. The fraction of sp³-hybridized carbons (Fsp3) is 0.518. The van der Waals surface area contributed by atoms with Crippen molar-refractivity contribution in [3.8, 4) is 11.5 Å². The van der Waals surface area contributed by atoms with Crippen molar-refractivity contribution in [2.75, 3.05) is 81.2 Å². The van der Waals surface area contributed by atoms with Gasteiger partial charge >= 0.3 is 0 Å². The highest BCUT2D eigenvalue weighted by Gasteiger charge is 2.47. The Labute approximate surface area is 438 Å². The van der Waals surface area contributed by atoms with Crippen molar-refractivity contribution < 1.29 is 28.7 Å². The van der Waals surface area contributed by atoms with Crippen LogP contribution in [0.15, 0.2) is 66.9 Å². The van der Waals surface area contributed by atoms with E-state index in [9.17, 15) is 19.2 Å². The zero-order chi connectivity index (χ0) is 50.9. The molecule has 1 spiro atoms. The largest absolute Gasteiger partial charge is 0.502 e. The maximum absolute atomic E-state index is 13.7. The Bertz CT molecular complexity index is 2750. The summed E-state index contributed by atoms with van der Waals surface area (Å²) in [6, 6.07) is 18.8. The SMILES string of the molecule is [C-]#[N+]c1cc(C(C)(C)c2ccc(OCc3ccnc(N4CCC5(CC4)CCN(C4CCN(CC6CCN(c7cccc8c7C(=O)N(C7CCC(=O)NC7=O)C8=O)CC6)CC4)CC5)n3)cc2)cc(Cl)c1OCCCl. The van der Waals surface area contributed by atoms with Crippen LogP contribution in [0, 0.1) is 17.9 Å². The van der Waals surface area contributed by atoms with Crippen molar-refractivity contribution in [1.82, 2.24) is 30.0 Å². The molecular formula is C56H65Cl2N9O6. The van der Waals surface area contributed by atoms with Gasteiger partial charge in [-0.3, -0.25) is 29.4 Å². The number of rotatable bonds is 14. The number of likely N-dealkylation sites (tertiary alicyclic amines) is 2. The highest BCUT2D eigenvalue weighted by molar-refractivity contribution is 6.32. The molecule has 0 saturated carbocycles. The number of benzene rings is 3. The molecule has 4 aromatic rings. The summed E-state index contributed by atoms with van der Waals surface area (Å²) in [7, 11) is 0. The molecule has 6 aliphatic rings. The smallest absolute Gasteiger partial charge is 0.264 e. The molecule has 6 aliphatic heterocycles. The number of nitrogens with one attached hydrogen (secondary N) is 1. The van der Waals surface area contributed by atoms with E-state index in [4.69, 9.17) is 44.2 Å². The molecule has 1 aromatic heterocycles. The van der Waals surface area contributed by atoms with Crippen LogP contribution in [0.1, 0.15) is 116 Å². The number of halogens is 2. The molecule has 3 aromatic carbocycles. The number of imide groups is 2. The molecule has 15 nitrogen and oxygen atoms in total. The van der Waals surface area contributed by atoms with E-state index in [1.807, 2.05) is 48.7 Å². The minimum Gasteiger partial charge on any atom is -0.502 e. The van der Waals surface area contributed by atoms with Crippen LogP contribution >= 0.6 is 23.2 Å². The predicted octanol–water partition coefficient (Wildman–Crippen LogP) is 8.67. The Morgan fingerprint density at radius 1 is 0.822 bits per heavy atom. The van der Waals surface area contributed by atoms with E-state index >= 15 is 0 Å². The van der Waals surface area contributed by atoms with Crippen molar-refractivity contribution in [1.29, 1.82) is 0 Å². The normalized spacial score (nSPS) is 21.4. The maximum atomic E-state index is 13.7. The lowest BCUT2D eigenvalue weighted by Crippen LogP contribution is -2.54. The molecule has 4 amide bonds. The predicted molar refractivity (Wildman–Crippen MR) is 281 cm³/mol. The van der Waals surface area contributed by atoms with E-state index in [0.717, 1.165) is 111 Å². The summed E-state index contributed by atoms with van der Waals surface area (Å²) in [6.07, 6.45) is 11.3. The van der Waals surface area contributed by atoms with E-state index < -0.39 is 29.2 Å². The number of fused-ring (bicyclic) bond motifs is 1. The maximum Gasteiger partial charge on any atom is 0.264 e. The quantitative estimate of drug-likeness (QED) is 0.0733. The minimum atomic E-state index is -0.966. The Morgan fingerprint density at radius 3 is 2.25 bits per heavy atom. The number of hydrogen-bond donors (Lipinski definition) is 1. The van der Waals surface area contributed by atoms with Crippen LogP contribution in [0.4, 0.5) is 17.3 Å². The molecule has 5 saturated heterocycles. The molecule has 7 heterocycles. The lowest BCUT2D eigenvalue weighted by Gasteiger charge is -2.49. The monoisotopic (exact) mass is 1030 g/mol. The summed E-state index contributed by atoms with van der Waals surface area (Å²) in [5.74, 6) is 0.897. The zero-order valence-electron chi connectivity index (χ0n) is 41.9. The molecule has 73 heavy (non-hydrogen) atoms. The molecule has 0 bridgehead atoms. The fourth-order valence-electron chi connectivity index (χ4n) is 12.2. The van der Waals surface area contributed by atoms with Gasteiger partial charge in [0.2, 0.25) is 23.5 Å². The van der Waals surface area contributed by atoms with E-state index in [0.29, 0.717) is 57.4 Å². The summed E-state index contributed by atoms with van der Waals surface area (Å²) in [4.78, 5) is 75.9. The summed E-state index contributed by atoms with van der Waals surface area (Å²) in [6.45, 7) is 21.7. The van der Waals surface area contributed by atoms with Crippen LogP contribution in [0.25, 0.3) is 4.85 Å². The van der Waals surface area contributed by atoms with Crippen molar-refractivity contribution in [3.05, 3.63) is 111 Å². The Hall–Kier alpha value is -5.79. The average molecular weight is 1030 g/mol. The lowest BCUT2D eigenvalue weighted by molar-refractivity contribution is -0.136. The van der Waals surface area contributed by atoms with E-state index in [1.54, 1.807) is 6.07 Å². The van der Waals surface area contributed by atoms with Crippen LogP contribution in [0.3, 0.4) is 0 Å². The van der Waals surface area contributed by atoms with Gasteiger partial charge in [0.1, 0.15) is 24.1 Å². The van der Waals surface area contributed by atoms with Crippen molar-refractivity contribution in [2.24, 2.45) is 11.3 Å². The molecule has 10 rings (SSSR count). The van der Waals surface area contributed by atoms with E-state index in [-0.39, 0.29) is 25.4 Å². The molecule has 1 unspecified atom stereocenters. The molecule has 17 heteroatoms.